The fourth-order valence-electron chi connectivity index (χ4n) is 4.04. The van der Waals surface area contributed by atoms with Crippen molar-refractivity contribution in [1.29, 1.82) is 0 Å². The van der Waals surface area contributed by atoms with Crippen molar-refractivity contribution < 1.29 is 23.5 Å². The topological polar surface area (TPSA) is 120 Å². The van der Waals surface area contributed by atoms with Crippen LogP contribution in [-0.4, -0.2) is 52.5 Å². The number of methoxy groups -OCH3 is 1. The first-order valence-electron chi connectivity index (χ1n) is 10.9. The van der Waals surface area contributed by atoms with Crippen LogP contribution >= 0.6 is 23.2 Å². The second kappa shape index (κ2) is 10.5. The van der Waals surface area contributed by atoms with Gasteiger partial charge < -0.3 is 25.4 Å². The van der Waals surface area contributed by atoms with Crippen molar-refractivity contribution in [3.8, 4) is 11.5 Å². The molecule has 1 fully saturated rings. The normalized spacial score (nSPS) is 17.5. The summed E-state index contributed by atoms with van der Waals surface area (Å²) in [4.78, 5) is 34.0. The molecule has 1 aromatic heterocycles. The fraction of sp³-hybridized carbons (Fsp3) is 0.250. The number of halogens is 3. The molecule has 3 aromatic rings. The van der Waals surface area contributed by atoms with Crippen LogP contribution in [0, 0.1) is 5.82 Å². The van der Waals surface area contributed by atoms with E-state index in [9.17, 15) is 14.0 Å². The Morgan fingerprint density at radius 3 is 2.75 bits per heavy atom. The highest BCUT2D eigenvalue weighted by Gasteiger charge is 2.35. The molecule has 0 saturated carbocycles. The largest absolute Gasteiger partial charge is 0.493 e. The number of ether oxygens (including phenoxy) is 2. The van der Waals surface area contributed by atoms with E-state index in [2.05, 4.69) is 21.9 Å². The van der Waals surface area contributed by atoms with E-state index in [1.54, 1.807) is 12.1 Å². The molecule has 12 heteroatoms. The number of benzene rings is 2. The Labute approximate surface area is 216 Å². The van der Waals surface area contributed by atoms with Crippen molar-refractivity contribution in [2.75, 3.05) is 19.0 Å². The third-order valence-electron chi connectivity index (χ3n) is 5.84. The van der Waals surface area contributed by atoms with Crippen LogP contribution in [0.15, 0.2) is 43.2 Å². The molecule has 1 aliphatic heterocycles. The van der Waals surface area contributed by atoms with Gasteiger partial charge in [-0.25, -0.2) is 14.4 Å². The van der Waals surface area contributed by atoms with Crippen molar-refractivity contribution in [1.82, 2.24) is 14.9 Å². The van der Waals surface area contributed by atoms with E-state index < -0.39 is 23.9 Å². The van der Waals surface area contributed by atoms with Crippen LogP contribution in [0.25, 0.3) is 10.9 Å². The molecule has 0 radical (unpaired) electrons. The van der Waals surface area contributed by atoms with Crippen molar-refractivity contribution >= 4 is 57.4 Å². The van der Waals surface area contributed by atoms with Gasteiger partial charge in [-0.1, -0.05) is 29.8 Å². The predicted octanol–water partition coefficient (Wildman–Crippen LogP) is 4.24. The van der Waals surface area contributed by atoms with Crippen LogP contribution in [0.1, 0.15) is 12.8 Å². The number of rotatable bonds is 7. The number of piperidine rings is 1. The molecular weight excluding hydrogens is 512 g/mol. The zero-order valence-electron chi connectivity index (χ0n) is 19.1. The van der Waals surface area contributed by atoms with E-state index in [0.717, 1.165) is 6.08 Å². The second-order valence-electron chi connectivity index (χ2n) is 8.01. The lowest BCUT2D eigenvalue weighted by Gasteiger charge is -2.37. The van der Waals surface area contributed by atoms with E-state index in [1.807, 2.05) is 0 Å². The lowest BCUT2D eigenvalue weighted by Crippen LogP contribution is -2.54. The Bertz CT molecular complexity index is 1360. The van der Waals surface area contributed by atoms with Crippen LogP contribution in [0.2, 0.25) is 10.0 Å². The summed E-state index contributed by atoms with van der Waals surface area (Å²) in [6, 6.07) is 5.39. The van der Waals surface area contributed by atoms with Gasteiger partial charge >= 0.3 is 0 Å². The minimum atomic E-state index is -0.834. The number of nitrogens with one attached hydrogen (secondary N) is 1. The molecule has 2 atom stereocenters. The van der Waals surface area contributed by atoms with Gasteiger partial charge in [0.15, 0.2) is 17.3 Å². The van der Waals surface area contributed by atoms with Crippen LogP contribution in [0.4, 0.5) is 15.9 Å². The van der Waals surface area contributed by atoms with Crippen molar-refractivity contribution in [2.45, 2.75) is 25.0 Å². The van der Waals surface area contributed by atoms with E-state index in [4.69, 9.17) is 38.4 Å². The first-order valence-corrected chi connectivity index (χ1v) is 11.6. The molecule has 0 bridgehead atoms. The zero-order chi connectivity index (χ0) is 26.0. The average Bonchev–Trinajstić information content (AvgIpc) is 2.88. The van der Waals surface area contributed by atoms with Gasteiger partial charge in [-0.05, 0) is 24.3 Å². The molecule has 2 heterocycles. The minimum Gasteiger partial charge on any atom is -0.493 e. The van der Waals surface area contributed by atoms with Gasteiger partial charge in [-0.15, -0.1) is 0 Å². The first-order chi connectivity index (χ1) is 17.2. The molecule has 1 aliphatic rings. The van der Waals surface area contributed by atoms with Gasteiger partial charge in [0.05, 0.1) is 28.4 Å². The maximum atomic E-state index is 14.6. The molecule has 188 valence electrons. The Hall–Kier alpha value is -3.63. The lowest BCUT2D eigenvalue weighted by atomic mass is 9.98. The Morgan fingerprint density at radius 1 is 1.28 bits per heavy atom. The Morgan fingerprint density at radius 2 is 2.06 bits per heavy atom. The van der Waals surface area contributed by atoms with Crippen LogP contribution < -0.4 is 20.5 Å². The molecule has 0 spiro atoms. The second-order valence-corrected chi connectivity index (χ2v) is 8.79. The van der Waals surface area contributed by atoms with Gasteiger partial charge in [-0.3, -0.25) is 9.59 Å². The van der Waals surface area contributed by atoms with Crippen molar-refractivity contribution in [3.05, 3.63) is 59.1 Å². The molecular formula is C24H22Cl2FN5O4. The summed E-state index contributed by atoms with van der Waals surface area (Å²) < 4.78 is 26.3. The highest BCUT2D eigenvalue weighted by molar-refractivity contribution is 6.42. The van der Waals surface area contributed by atoms with Gasteiger partial charge in [-0.2, -0.15) is 0 Å². The number of hydrogen-bond donors (Lipinski definition) is 2. The highest BCUT2D eigenvalue weighted by Crippen LogP contribution is 2.38. The monoisotopic (exact) mass is 533 g/mol. The summed E-state index contributed by atoms with van der Waals surface area (Å²) in [5, 5.41) is 3.31. The summed E-state index contributed by atoms with van der Waals surface area (Å²) in [6.45, 7) is 3.74. The number of likely N-dealkylation sites (tertiary alicyclic amines) is 1. The number of hydrogen-bond acceptors (Lipinski definition) is 7. The van der Waals surface area contributed by atoms with Crippen LogP contribution in [-0.2, 0) is 9.59 Å². The van der Waals surface area contributed by atoms with Gasteiger partial charge in [0.2, 0.25) is 11.8 Å². The summed E-state index contributed by atoms with van der Waals surface area (Å²) >= 11 is 11.8. The number of nitrogens with zero attached hydrogens (tertiary/aromatic N) is 3. The van der Waals surface area contributed by atoms with Crippen LogP contribution in [0.3, 0.4) is 0 Å². The molecule has 2 unspecified atom stereocenters. The number of primary amides is 1. The third kappa shape index (κ3) is 5.00. The van der Waals surface area contributed by atoms with Gasteiger partial charge in [0, 0.05) is 30.8 Å². The summed E-state index contributed by atoms with van der Waals surface area (Å²) in [5.74, 6) is -0.678. The lowest BCUT2D eigenvalue weighted by molar-refractivity contribution is -0.139. The summed E-state index contributed by atoms with van der Waals surface area (Å²) in [6.07, 6.45) is 2.69. The molecule has 0 aliphatic carbocycles. The molecule has 3 N–H and O–H groups in total. The number of carbonyl (C=O) groups excluding carboxylic acids is 2. The standard InChI is InChI=1S/C24H22Cl2FN5O4/c1-3-20(33)32-7-6-12(8-17(32)23(28)34)36-19-9-13-16(10-18(19)35-2)29-11-30-24(13)31-15-5-4-14(25)21(26)22(15)27/h3-5,9-12,17H,1,6-8H2,2H3,(H2,28,34)(H,29,30,31). The maximum absolute atomic E-state index is 14.6. The number of aromatic nitrogens is 2. The summed E-state index contributed by atoms with van der Waals surface area (Å²) in [7, 11) is 1.48. The van der Waals surface area contributed by atoms with Crippen molar-refractivity contribution in [3.63, 3.8) is 0 Å². The maximum Gasteiger partial charge on any atom is 0.246 e. The fourth-order valence-corrected chi connectivity index (χ4v) is 4.35. The van der Waals surface area contributed by atoms with Gasteiger partial charge in [0.1, 0.15) is 24.3 Å². The van der Waals surface area contributed by atoms with E-state index >= 15 is 0 Å². The van der Waals surface area contributed by atoms with E-state index in [1.165, 1.54) is 30.5 Å². The quantitative estimate of drug-likeness (QED) is 0.344. The Balaban J connectivity index is 1.66. The summed E-state index contributed by atoms with van der Waals surface area (Å²) in [5.41, 5.74) is 6.13. The molecule has 4 rings (SSSR count). The van der Waals surface area contributed by atoms with E-state index in [-0.39, 0.29) is 34.6 Å². The molecule has 1 saturated heterocycles. The minimum absolute atomic E-state index is 0.0752. The SMILES string of the molecule is C=CC(=O)N1CCC(Oc2cc3c(Nc4ccc(Cl)c(Cl)c4F)ncnc3cc2OC)CC1C(N)=O. The van der Waals surface area contributed by atoms with Crippen LogP contribution in [0.5, 0.6) is 11.5 Å². The van der Waals surface area contributed by atoms with E-state index in [0.29, 0.717) is 34.6 Å². The molecule has 2 aromatic carbocycles. The number of anilines is 2. The third-order valence-corrected chi connectivity index (χ3v) is 6.62. The number of carbonyl (C=O) groups is 2. The Kier molecular flexibility index (Phi) is 7.46. The average molecular weight is 534 g/mol. The number of amides is 2. The van der Waals surface area contributed by atoms with Crippen molar-refractivity contribution in [2.24, 2.45) is 5.73 Å². The van der Waals surface area contributed by atoms with Gasteiger partial charge in [0.25, 0.3) is 0 Å². The molecule has 36 heavy (non-hydrogen) atoms. The number of nitrogens with two attached hydrogens (primary N) is 1. The first kappa shape index (κ1) is 25.5. The zero-order valence-corrected chi connectivity index (χ0v) is 20.6. The highest BCUT2D eigenvalue weighted by atomic mass is 35.5. The molecule has 9 nitrogen and oxygen atoms in total. The number of fused-ring (bicyclic) bond motifs is 1. The smallest absolute Gasteiger partial charge is 0.246 e. The molecule has 2 amide bonds. The predicted molar refractivity (Wildman–Crippen MR) is 134 cm³/mol.